The van der Waals surface area contributed by atoms with E-state index < -0.39 is 6.04 Å². The van der Waals surface area contributed by atoms with Crippen molar-refractivity contribution in [2.24, 2.45) is 5.18 Å². The molecule has 0 amide bonds. The first kappa shape index (κ1) is 20.7. The zero-order valence-electron chi connectivity index (χ0n) is 17.4. The molecule has 9 heteroatoms. The molecular weight excluding hydrogens is 429 g/mol. The van der Waals surface area contributed by atoms with Crippen LogP contribution in [-0.2, 0) is 19.4 Å². The number of nitrogens with zero attached hydrogens (tertiary/aromatic N) is 5. The number of thiophene rings is 1. The van der Waals surface area contributed by atoms with E-state index in [-0.39, 0.29) is 24.0 Å². The van der Waals surface area contributed by atoms with Crippen molar-refractivity contribution in [2.45, 2.75) is 38.3 Å². The van der Waals surface area contributed by atoms with E-state index in [0.717, 1.165) is 28.9 Å². The predicted molar refractivity (Wildman–Crippen MR) is 123 cm³/mol. The van der Waals surface area contributed by atoms with Gasteiger partial charge in [-0.15, -0.1) is 11.3 Å². The summed E-state index contributed by atoms with van der Waals surface area (Å²) in [7, 11) is 0. The van der Waals surface area contributed by atoms with Crippen LogP contribution in [0.25, 0.3) is 5.57 Å². The van der Waals surface area contributed by atoms with Gasteiger partial charge in [-0.2, -0.15) is 9.89 Å². The molecule has 7 nitrogen and oxygen atoms in total. The minimum Gasteiger partial charge on any atom is -0.334 e. The zero-order chi connectivity index (χ0) is 22.1. The third kappa shape index (κ3) is 4.12. The van der Waals surface area contributed by atoms with Crippen LogP contribution in [0.1, 0.15) is 33.7 Å². The van der Waals surface area contributed by atoms with Gasteiger partial charge < -0.3 is 4.90 Å². The summed E-state index contributed by atoms with van der Waals surface area (Å²) in [6, 6.07) is 7.53. The molecule has 0 N–H and O–H groups in total. The normalized spacial score (nSPS) is 18.2. The van der Waals surface area contributed by atoms with Crippen LogP contribution in [0.15, 0.2) is 52.7 Å². The molecule has 2 aliphatic rings. The number of anilines is 1. The second-order valence-electron chi connectivity index (χ2n) is 8.13. The van der Waals surface area contributed by atoms with Gasteiger partial charge >= 0.3 is 5.69 Å². The minimum atomic E-state index is -0.655. The van der Waals surface area contributed by atoms with Crippen molar-refractivity contribution >= 4 is 22.9 Å². The molecule has 0 radical (unpaired) electrons. The van der Waals surface area contributed by atoms with Crippen molar-refractivity contribution in [1.82, 2.24) is 14.5 Å². The third-order valence-corrected chi connectivity index (χ3v) is 7.22. The Morgan fingerprint density at radius 2 is 2.00 bits per heavy atom. The molecule has 5 rings (SSSR count). The van der Waals surface area contributed by atoms with E-state index in [1.807, 2.05) is 6.08 Å². The Balaban J connectivity index is 1.34. The number of rotatable bonds is 5. The van der Waals surface area contributed by atoms with Crippen LogP contribution >= 0.6 is 11.3 Å². The van der Waals surface area contributed by atoms with Crippen molar-refractivity contribution in [1.29, 1.82) is 0 Å². The Labute approximate surface area is 188 Å². The first-order valence-electron chi connectivity index (χ1n) is 10.7. The van der Waals surface area contributed by atoms with Gasteiger partial charge in [0.15, 0.2) is 0 Å². The molecule has 164 valence electrons. The Kier molecular flexibility index (Phi) is 5.65. The Morgan fingerprint density at radius 1 is 1.19 bits per heavy atom. The second-order valence-corrected chi connectivity index (χ2v) is 9.35. The van der Waals surface area contributed by atoms with Crippen molar-refractivity contribution < 1.29 is 4.39 Å². The van der Waals surface area contributed by atoms with Gasteiger partial charge in [0.1, 0.15) is 18.2 Å². The van der Waals surface area contributed by atoms with E-state index >= 15 is 0 Å². The molecule has 0 saturated heterocycles. The summed E-state index contributed by atoms with van der Waals surface area (Å²) in [5.74, 6) is -0.0566. The van der Waals surface area contributed by atoms with Crippen LogP contribution in [0.2, 0.25) is 0 Å². The second kappa shape index (κ2) is 8.74. The average Bonchev–Trinajstić information content (AvgIpc) is 3.23. The summed E-state index contributed by atoms with van der Waals surface area (Å²) in [6.45, 7) is 1.15. The predicted octanol–water partition coefficient (Wildman–Crippen LogP) is 3.80. The molecule has 0 fully saturated rings. The fraction of sp³-hybridized carbons (Fsp3) is 0.348. The van der Waals surface area contributed by atoms with Crippen LogP contribution < -0.4 is 10.6 Å². The number of aryl methyl sites for hydroxylation is 2. The standard InChI is InChI=1S/C23H22FN5O2S/c24-17-7-5-15(6-8-17)19-9-10-28(13-20(19)27-31)22-25-14-29(23(30)26-22)12-18-11-16-3-1-2-4-21(16)32-18/h5-9,11,14,20H,1-4,10,12-13H2/t20-/m0/s1. The summed E-state index contributed by atoms with van der Waals surface area (Å²) in [5.41, 5.74) is 2.54. The molecule has 32 heavy (non-hydrogen) atoms. The summed E-state index contributed by atoms with van der Waals surface area (Å²) in [5, 5.41) is 3.24. The van der Waals surface area contributed by atoms with Gasteiger partial charge in [-0.1, -0.05) is 23.4 Å². The fourth-order valence-corrected chi connectivity index (χ4v) is 5.60. The molecule has 2 aromatic heterocycles. The van der Waals surface area contributed by atoms with E-state index in [2.05, 4.69) is 21.2 Å². The van der Waals surface area contributed by atoms with Gasteiger partial charge in [0.25, 0.3) is 0 Å². The van der Waals surface area contributed by atoms with Gasteiger partial charge in [-0.05, 0) is 60.6 Å². The molecule has 3 heterocycles. The van der Waals surface area contributed by atoms with E-state index in [0.29, 0.717) is 13.1 Å². The summed E-state index contributed by atoms with van der Waals surface area (Å²) in [6.07, 6.45) is 8.07. The summed E-state index contributed by atoms with van der Waals surface area (Å²) >= 11 is 1.77. The Hall–Kier alpha value is -3.20. The van der Waals surface area contributed by atoms with Crippen molar-refractivity contribution in [3.63, 3.8) is 0 Å². The number of benzene rings is 1. The lowest BCUT2D eigenvalue weighted by molar-refractivity contribution is 0.627. The van der Waals surface area contributed by atoms with Crippen LogP contribution in [0.3, 0.4) is 0 Å². The van der Waals surface area contributed by atoms with Crippen LogP contribution in [-0.4, -0.2) is 33.7 Å². The molecule has 1 aliphatic heterocycles. The topological polar surface area (TPSA) is 80.5 Å². The van der Waals surface area contributed by atoms with Crippen molar-refractivity contribution in [3.05, 3.63) is 84.8 Å². The molecule has 0 saturated carbocycles. The van der Waals surface area contributed by atoms with Crippen LogP contribution in [0.5, 0.6) is 0 Å². The molecular formula is C23H22FN5O2S. The van der Waals surface area contributed by atoms with E-state index in [9.17, 15) is 14.1 Å². The fourth-order valence-electron chi connectivity index (χ4n) is 4.34. The number of fused-ring (bicyclic) bond motifs is 1. The highest BCUT2D eigenvalue weighted by molar-refractivity contribution is 7.12. The smallest absolute Gasteiger partial charge is 0.334 e. The first-order valence-corrected chi connectivity index (χ1v) is 11.5. The number of nitroso groups, excluding NO2 is 1. The third-order valence-electron chi connectivity index (χ3n) is 6.00. The molecule has 0 unspecified atom stereocenters. The molecule has 3 aromatic rings. The largest absolute Gasteiger partial charge is 0.352 e. The number of aromatic nitrogens is 3. The number of halogens is 1. The van der Waals surface area contributed by atoms with Crippen molar-refractivity contribution in [2.75, 3.05) is 18.0 Å². The van der Waals surface area contributed by atoms with Gasteiger partial charge in [0, 0.05) is 16.3 Å². The van der Waals surface area contributed by atoms with Crippen LogP contribution in [0.4, 0.5) is 10.3 Å². The molecule has 1 aliphatic carbocycles. The van der Waals surface area contributed by atoms with Gasteiger partial charge in [0.05, 0.1) is 13.1 Å². The monoisotopic (exact) mass is 451 g/mol. The Morgan fingerprint density at radius 3 is 2.75 bits per heavy atom. The molecule has 1 atom stereocenters. The maximum absolute atomic E-state index is 13.2. The maximum atomic E-state index is 13.2. The summed E-state index contributed by atoms with van der Waals surface area (Å²) in [4.78, 5) is 37.0. The van der Waals surface area contributed by atoms with E-state index in [1.54, 1.807) is 28.4 Å². The quantitative estimate of drug-likeness (QED) is 0.551. The lowest BCUT2D eigenvalue weighted by atomic mass is 9.95. The van der Waals surface area contributed by atoms with Gasteiger partial charge in [0.2, 0.25) is 5.95 Å². The van der Waals surface area contributed by atoms with Gasteiger partial charge in [-0.3, -0.25) is 4.57 Å². The van der Waals surface area contributed by atoms with Gasteiger partial charge in [-0.25, -0.2) is 14.2 Å². The summed E-state index contributed by atoms with van der Waals surface area (Å²) < 4.78 is 14.7. The van der Waals surface area contributed by atoms with E-state index in [1.165, 1.54) is 46.3 Å². The average molecular weight is 452 g/mol. The Bertz CT molecular complexity index is 1210. The number of hydrogen-bond acceptors (Lipinski definition) is 7. The highest BCUT2D eigenvalue weighted by Gasteiger charge is 2.26. The highest BCUT2D eigenvalue weighted by atomic mass is 32.1. The van der Waals surface area contributed by atoms with Crippen molar-refractivity contribution in [3.8, 4) is 0 Å². The number of hydrogen-bond donors (Lipinski definition) is 0. The highest BCUT2D eigenvalue weighted by Crippen LogP contribution is 2.30. The zero-order valence-corrected chi connectivity index (χ0v) is 18.2. The molecule has 0 bridgehead atoms. The lowest BCUT2D eigenvalue weighted by Gasteiger charge is -2.29. The molecule has 1 aromatic carbocycles. The molecule has 0 spiro atoms. The SMILES string of the molecule is O=N[C@H]1CN(c2ncn(Cc3cc4c(s3)CCCC4)c(=O)n2)CC=C1c1ccc(F)cc1. The van der Waals surface area contributed by atoms with Crippen LogP contribution in [0, 0.1) is 10.7 Å². The maximum Gasteiger partial charge on any atom is 0.352 e. The first-order chi connectivity index (χ1) is 15.6. The minimum absolute atomic E-state index is 0.258. The lowest BCUT2D eigenvalue weighted by Crippen LogP contribution is -2.39. The van der Waals surface area contributed by atoms with E-state index in [4.69, 9.17) is 0 Å².